The van der Waals surface area contributed by atoms with Crippen LogP contribution in [0.2, 0.25) is 5.15 Å². The third kappa shape index (κ3) is 7.29. The number of phosphoric acid groups is 1. The average molecular weight is 581 g/mol. The lowest BCUT2D eigenvalue weighted by Crippen LogP contribution is -2.25. The Morgan fingerprint density at radius 3 is 2.18 bits per heavy atom. The van der Waals surface area contributed by atoms with Crippen molar-refractivity contribution in [1.82, 2.24) is 9.97 Å². The number of benzene rings is 3. The number of halogens is 4. The summed E-state index contributed by atoms with van der Waals surface area (Å²) < 4.78 is 63.2. The highest BCUT2D eigenvalue weighted by atomic mass is 35.5. The van der Waals surface area contributed by atoms with Crippen LogP contribution in [0.25, 0.3) is 22.4 Å². The third-order valence-corrected chi connectivity index (χ3v) is 6.65. The fourth-order valence-corrected chi connectivity index (χ4v) is 4.52. The number of phosphoric ester groups is 1. The molecular weight excluding hydrogens is 556 g/mol. The van der Waals surface area contributed by atoms with E-state index in [1.165, 1.54) is 12.1 Å². The monoisotopic (exact) mass is 580 g/mol. The van der Waals surface area contributed by atoms with E-state index in [-0.39, 0.29) is 34.6 Å². The first-order chi connectivity index (χ1) is 18.2. The molecule has 7 nitrogen and oxygen atoms in total. The third-order valence-electron chi connectivity index (χ3n) is 5.91. The van der Waals surface area contributed by atoms with Crippen LogP contribution in [0.5, 0.6) is 5.75 Å². The summed E-state index contributed by atoms with van der Waals surface area (Å²) in [5.41, 5.74) is 0.807. The number of hydrogen-bond donors (Lipinski definition) is 3. The van der Waals surface area contributed by atoms with Crippen molar-refractivity contribution in [1.29, 1.82) is 0 Å². The molecule has 0 bridgehead atoms. The van der Waals surface area contributed by atoms with E-state index in [9.17, 15) is 17.7 Å². The lowest BCUT2D eigenvalue weighted by molar-refractivity contribution is -0.139. The molecule has 1 heterocycles. The molecule has 39 heavy (non-hydrogen) atoms. The van der Waals surface area contributed by atoms with Crippen LogP contribution in [0.15, 0.2) is 72.8 Å². The molecule has 0 aliphatic heterocycles. The number of nitrogens with zero attached hydrogens (tertiary/aromatic N) is 1. The zero-order valence-electron chi connectivity index (χ0n) is 20.9. The van der Waals surface area contributed by atoms with Crippen molar-refractivity contribution in [3.63, 3.8) is 0 Å². The van der Waals surface area contributed by atoms with Gasteiger partial charge >= 0.3 is 14.0 Å². The minimum Gasteiger partial charge on any atom is -0.488 e. The molecule has 0 fully saturated rings. The van der Waals surface area contributed by atoms with Gasteiger partial charge in [-0.3, -0.25) is 4.52 Å². The Balaban J connectivity index is 1.55. The summed E-state index contributed by atoms with van der Waals surface area (Å²) in [6.45, 7) is 2.70. The number of ether oxygens (including phenoxy) is 1. The first-order valence-corrected chi connectivity index (χ1v) is 13.6. The van der Waals surface area contributed by atoms with Crippen molar-refractivity contribution in [3.8, 4) is 28.1 Å². The molecule has 4 rings (SSSR count). The van der Waals surface area contributed by atoms with E-state index in [4.69, 9.17) is 26.1 Å². The van der Waals surface area contributed by atoms with Gasteiger partial charge in [0.2, 0.25) is 0 Å². The summed E-state index contributed by atoms with van der Waals surface area (Å²) in [5, 5.41) is -0.0328. The Morgan fingerprint density at radius 2 is 1.56 bits per heavy atom. The van der Waals surface area contributed by atoms with E-state index in [2.05, 4.69) is 14.5 Å². The molecule has 0 aliphatic rings. The largest absolute Gasteiger partial charge is 0.488 e. The van der Waals surface area contributed by atoms with Gasteiger partial charge in [-0.15, -0.1) is 0 Å². The quantitative estimate of drug-likeness (QED) is 0.178. The minimum absolute atomic E-state index is 0.0328. The van der Waals surface area contributed by atoms with E-state index in [0.717, 1.165) is 17.2 Å². The fraction of sp³-hybridized carbons (Fsp3) is 0.222. The van der Waals surface area contributed by atoms with Crippen LogP contribution < -0.4 is 4.74 Å². The normalized spacial score (nSPS) is 12.5. The van der Waals surface area contributed by atoms with Gasteiger partial charge in [-0.1, -0.05) is 80.0 Å². The van der Waals surface area contributed by atoms with Gasteiger partial charge in [-0.05, 0) is 34.9 Å². The van der Waals surface area contributed by atoms with Crippen LogP contribution in [-0.4, -0.2) is 26.4 Å². The average Bonchev–Trinajstić information content (AvgIpc) is 3.29. The summed E-state index contributed by atoms with van der Waals surface area (Å²) in [6, 6.07) is 20.6. The molecule has 0 saturated heterocycles. The zero-order valence-corrected chi connectivity index (χ0v) is 22.5. The Kier molecular flexibility index (Phi) is 8.25. The van der Waals surface area contributed by atoms with Crippen molar-refractivity contribution in [3.05, 3.63) is 94.9 Å². The number of H-pyrrole nitrogens is 1. The molecule has 0 amide bonds. The lowest BCUT2D eigenvalue weighted by Gasteiger charge is -2.21. The van der Waals surface area contributed by atoms with E-state index < -0.39 is 31.6 Å². The number of hydrogen-bond acceptors (Lipinski definition) is 4. The summed E-state index contributed by atoms with van der Waals surface area (Å²) >= 11 is 6.26. The number of alkyl halides is 3. The molecule has 3 aromatic carbocycles. The molecule has 3 N–H and O–H groups in total. The number of rotatable bonds is 9. The molecule has 0 spiro atoms. The summed E-state index contributed by atoms with van der Waals surface area (Å²) in [6.07, 6.45) is -4.72. The van der Waals surface area contributed by atoms with Crippen LogP contribution in [0, 0.1) is 0 Å². The molecule has 0 saturated carbocycles. The molecule has 206 valence electrons. The number of nitrogens with one attached hydrogen (secondary N) is 1. The van der Waals surface area contributed by atoms with Gasteiger partial charge in [-0.2, -0.15) is 13.2 Å². The predicted octanol–water partition coefficient (Wildman–Crippen LogP) is 7.38. The van der Waals surface area contributed by atoms with Crippen LogP contribution >= 0.6 is 19.4 Å². The van der Waals surface area contributed by atoms with Gasteiger partial charge in [0.05, 0.1) is 12.2 Å². The first kappa shape index (κ1) is 28.9. The summed E-state index contributed by atoms with van der Waals surface area (Å²) in [5.74, 6) is -0.163. The molecule has 0 radical (unpaired) electrons. The SMILES string of the molecule is CC(C)(COP(=O)(O)O)c1nc(-c2ccc(OCc3ccc(-c4ccccc4)cc3)c(C(F)(F)F)c2)c(Cl)[nH]1. The maximum absolute atomic E-state index is 14.0. The highest BCUT2D eigenvalue weighted by molar-refractivity contribution is 7.46. The van der Waals surface area contributed by atoms with E-state index in [1.807, 2.05) is 42.5 Å². The van der Waals surface area contributed by atoms with Crippen LogP contribution in [0.3, 0.4) is 0 Å². The highest BCUT2D eigenvalue weighted by Crippen LogP contribution is 2.42. The number of aromatic amines is 1. The van der Waals surface area contributed by atoms with E-state index >= 15 is 0 Å². The Labute approximate surface area is 227 Å². The highest BCUT2D eigenvalue weighted by Gasteiger charge is 2.36. The van der Waals surface area contributed by atoms with Crippen molar-refractivity contribution in [2.45, 2.75) is 32.0 Å². The lowest BCUT2D eigenvalue weighted by atomic mass is 9.94. The molecular formula is C27H25ClF3N2O5P. The van der Waals surface area contributed by atoms with Crippen molar-refractivity contribution < 1.29 is 36.8 Å². The molecule has 0 aliphatic carbocycles. The van der Waals surface area contributed by atoms with Gasteiger partial charge in [0.15, 0.2) is 0 Å². The van der Waals surface area contributed by atoms with Crippen LogP contribution in [0.1, 0.15) is 30.8 Å². The second-order valence-electron chi connectivity index (χ2n) is 9.46. The van der Waals surface area contributed by atoms with Gasteiger partial charge < -0.3 is 19.5 Å². The number of aromatic nitrogens is 2. The second-order valence-corrected chi connectivity index (χ2v) is 11.1. The molecule has 1 aromatic heterocycles. The zero-order chi connectivity index (χ0) is 28.4. The smallest absolute Gasteiger partial charge is 0.469 e. The van der Waals surface area contributed by atoms with Gasteiger partial charge in [0, 0.05) is 11.0 Å². The Bertz CT molecular complexity index is 1490. The topological polar surface area (TPSA) is 105 Å². The van der Waals surface area contributed by atoms with Crippen LogP contribution in [0.4, 0.5) is 13.2 Å². The second kappa shape index (κ2) is 11.2. The number of imidazole rings is 1. The van der Waals surface area contributed by atoms with Crippen LogP contribution in [-0.2, 0) is 27.3 Å². The standard InChI is InChI=1S/C27H25ClF3N2O5P/c1-26(2,16-38-39(34,35)36)25-32-23(24(28)33-25)20-12-13-22(21(14-20)27(29,30)31)37-15-17-8-10-19(11-9-17)18-6-4-3-5-7-18/h3-14H,15-16H2,1-2H3,(H,32,33)(H2,34,35,36). The predicted molar refractivity (Wildman–Crippen MR) is 141 cm³/mol. The molecule has 0 unspecified atom stereocenters. The van der Waals surface area contributed by atoms with Gasteiger partial charge in [0.25, 0.3) is 0 Å². The molecule has 12 heteroatoms. The van der Waals surface area contributed by atoms with Gasteiger partial charge in [-0.25, -0.2) is 9.55 Å². The Hall–Kier alpha value is -3.14. The summed E-state index contributed by atoms with van der Waals surface area (Å²) in [7, 11) is -4.74. The maximum atomic E-state index is 14.0. The van der Waals surface area contributed by atoms with Crippen molar-refractivity contribution >= 4 is 19.4 Å². The summed E-state index contributed by atoms with van der Waals surface area (Å²) in [4.78, 5) is 25.0. The first-order valence-electron chi connectivity index (χ1n) is 11.7. The van der Waals surface area contributed by atoms with Crippen molar-refractivity contribution in [2.75, 3.05) is 6.61 Å². The van der Waals surface area contributed by atoms with E-state index in [0.29, 0.717) is 5.56 Å². The van der Waals surface area contributed by atoms with Gasteiger partial charge in [0.1, 0.15) is 29.0 Å². The molecule has 0 atom stereocenters. The molecule has 4 aromatic rings. The minimum atomic E-state index is -4.74. The maximum Gasteiger partial charge on any atom is 0.469 e. The van der Waals surface area contributed by atoms with E-state index in [1.54, 1.807) is 26.0 Å². The Morgan fingerprint density at radius 1 is 0.949 bits per heavy atom. The van der Waals surface area contributed by atoms with Crippen molar-refractivity contribution in [2.24, 2.45) is 0 Å². The fourth-order valence-electron chi connectivity index (χ4n) is 3.79.